The molecule has 0 bridgehead atoms. The summed E-state index contributed by atoms with van der Waals surface area (Å²) in [5.74, 6) is 0. The van der Waals surface area contributed by atoms with Gasteiger partial charge in [0.25, 0.3) is 0 Å². The summed E-state index contributed by atoms with van der Waals surface area (Å²) in [5.41, 5.74) is 4.93. The van der Waals surface area contributed by atoms with Crippen LogP contribution in [0.15, 0.2) is 61.2 Å². The first-order valence-corrected chi connectivity index (χ1v) is 11.0. The first-order chi connectivity index (χ1) is 15.3. The van der Waals surface area contributed by atoms with Crippen molar-refractivity contribution in [3.05, 3.63) is 61.2 Å². The molecule has 0 N–H and O–H groups in total. The van der Waals surface area contributed by atoms with Crippen LogP contribution < -0.4 is 9.13 Å². The van der Waals surface area contributed by atoms with Crippen molar-refractivity contribution < 1.29 is 9.13 Å². The number of nitrogens with zero attached hydrogens (tertiary/aromatic N) is 6. The van der Waals surface area contributed by atoms with Gasteiger partial charge in [0.15, 0.2) is 22.1 Å². The number of para-hydroxylation sites is 4. The maximum atomic E-state index is 8.84. The summed E-state index contributed by atoms with van der Waals surface area (Å²) in [6, 6.07) is 21.4. The molecule has 0 fully saturated rings. The van der Waals surface area contributed by atoms with Crippen LogP contribution in [0.4, 0.5) is 0 Å². The van der Waals surface area contributed by atoms with Crippen LogP contribution in [0.25, 0.3) is 22.1 Å². The summed E-state index contributed by atoms with van der Waals surface area (Å²) in [6.07, 6.45) is 8.32. The third-order valence-corrected chi connectivity index (χ3v) is 5.73. The zero-order chi connectivity index (χ0) is 21.5. The fourth-order valence-corrected chi connectivity index (χ4v) is 4.27. The second kappa shape index (κ2) is 9.91. The molecule has 0 spiro atoms. The Labute approximate surface area is 182 Å². The molecule has 0 radical (unpaired) electrons. The number of rotatable bonds is 10. The highest BCUT2D eigenvalue weighted by Gasteiger charge is 2.17. The van der Waals surface area contributed by atoms with E-state index < -0.39 is 0 Å². The van der Waals surface area contributed by atoms with E-state index in [1.807, 2.05) is 0 Å². The summed E-state index contributed by atoms with van der Waals surface area (Å²) in [6.45, 7) is 3.61. The molecule has 156 valence electrons. The molecule has 0 aliphatic heterocycles. The van der Waals surface area contributed by atoms with Crippen LogP contribution in [0.1, 0.15) is 32.1 Å². The highest BCUT2D eigenvalue weighted by atomic mass is 15.1. The van der Waals surface area contributed by atoms with E-state index in [4.69, 9.17) is 10.5 Å². The number of hydrogen-bond acceptors (Lipinski definition) is 2. The minimum Gasteiger partial charge on any atom is -0.230 e. The van der Waals surface area contributed by atoms with Gasteiger partial charge in [0.05, 0.1) is 38.3 Å². The monoisotopic (exact) mass is 412 g/mol. The number of aromatic nitrogens is 4. The van der Waals surface area contributed by atoms with E-state index in [0.29, 0.717) is 12.8 Å². The molecule has 0 saturated heterocycles. The predicted octanol–water partition coefficient (Wildman–Crippen LogP) is 3.87. The molecule has 31 heavy (non-hydrogen) atoms. The number of fused-ring (bicyclic) bond motifs is 2. The van der Waals surface area contributed by atoms with Gasteiger partial charge in [-0.15, -0.1) is 0 Å². The van der Waals surface area contributed by atoms with Crippen molar-refractivity contribution in [2.75, 3.05) is 0 Å². The Balaban J connectivity index is 1.48. The van der Waals surface area contributed by atoms with Gasteiger partial charge in [0.1, 0.15) is 0 Å². The molecular formula is C25H28N6+2. The standard InChI is InChI=1S/C25H28N6/c26-14-5-7-16-28-20-30(24-12-3-1-10-22(24)28)18-9-19-31-21-29(17-8-6-15-27)23-11-2-4-13-25(23)31/h1-4,10-13,20-21H,5-9,16-19H2/q+2. The Morgan fingerprint density at radius 2 is 1.10 bits per heavy atom. The molecule has 2 aromatic carbocycles. The van der Waals surface area contributed by atoms with Gasteiger partial charge in [-0.25, -0.2) is 18.3 Å². The van der Waals surface area contributed by atoms with E-state index in [1.165, 1.54) is 22.1 Å². The van der Waals surface area contributed by atoms with Crippen molar-refractivity contribution in [3.63, 3.8) is 0 Å². The number of aryl methyl sites for hydroxylation is 4. The van der Waals surface area contributed by atoms with E-state index in [2.05, 4.69) is 91.6 Å². The Hall–Kier alpha value is -3.64. The summed E-state index contributed by atoms with van der Waals surface area (Å²) >= 11 is 0. The zero-order valence-corrected chi connectivity index (χ0v) is 17.8. The van der Waals surface area contributed by atoms with E-state index in [9.17, 15) is 0 Å². The van der Waals surface area contributed by atoms with Gasteiger partial charge in [-0.2, -0.15) is 10.5 Å². The van der Waals surface area contributed by atoms with Crippen molar-refractivity contribution in [3.8, 4) is 12.1 Å². The SMILES string of the molecule is N#CCCCn1c[n+](CCC[n+]2cn(CCCC#N)c3ccccc32)c2ccccc21. The number of imidazole rings is 2. The molecular weight excluding hydrogens is 384 g/mol. The Morgan fingerprint density at radius 1 is 0.645 bits per heavy atom. The fourth-order valence-electron chi connectivity index (χ4n) is 4.27. The Morgan fingerprint density at radius 3 is 1.55 bits per heavy atom. The summed E-state index contributed by atoms with van der Waals surface area (Å²) < 4.78 is 9.19. The average Bonchev–Trinajstić information content (AvgIpc) is 3.33. The largest absolute Gasteiger partial charge is 0.244 e. The third-order valence-electron chi connectivity index (χ3n) is 5.73. The first kappa shape index (κ1) is 20.6. The van der Waals surface area contributed by atoms with E-state index >= 15 is 0 Å². The molecule has 6 nitrogen and oxygen atoms in total. The number of nitriles is 2. The number of hydrogen-bond donors (Lipinski definition) is 0. The average molecular weight is 413 g/mol. The molecule has 2 aromatic heterocycles. The van der Waals surface area contributed by atoms with Crippen LogP contribution in [0.5, 0.6) is 0 Å². The molecule has 0 unspecified atom stereocenters. The van der Waals surface area contributed by atoms with E-state index in [-0.39, 0.29) is 0 Å². The van der Waals surface area contributed by atoms with Crippen LogP contribution in [0, 0.1) is 22.7 Å². The van der Waals surface area contributed by atoms with Crippen LogP contribution in [0.2, 0.25) is 0 Å². The van der Waals surface area contributed by atoms with Crippen molar-refractivity contribution in [2.24, 2.45) is 0 Å². The molecule has 0 atom stereocenters. The van der Waals surface area contributed by atoms with Gasteiger partial charge in [0, 0.05) is 19.3 Å². The number of benzene rings is 2. The molecule has 4 aromatic rings. The van der Waals surface area contributed by atoms with Gasteiger partial charge in [-0.1, -0.05) is 24.3 Å². The third kappa shape index (κ3) is 4.59. The summed E-state index contributed by atoms with van der Waals surface area (Å²) in [7, 11) is 0. The summed E-state index contributed by atoms with van der Waals surface area (Å²) in [4.78, 5) is 0. The lowest BCUT2D eigenvalue weighted by Crippen LogP contribution is -2.38. The molecule has 6 heteroatoms. The van der Waals surface area contributed by atoms with Crippen LogP contribution in [-0.4, -0.2) is 9.13 Å². The molecule has 4 rings (SSSR count). The normalized spacial score (nSPS) is 11.0. The second-order valence-electron chi connectivity index (χ2n) is 7.86. The first-order valence-electron chi connectivity index (χ1n) is 11.0. The van der Waals surface area contributed by atoms with Crippen LogP contribution in [-0.2, 0) is 26.2 Å². The lowest BCUT2D eigenvalue weighted by Gasteiger charge is -1.98. The highest BCUT2D eigenvalue weighted by molar-refractivity contribution is 5.72. The topological polar surface area (TPSA) is 65.2 Å². The molecule has 0 aliphatic rings. The lowest BCUT2D eigenvalue weighted by atomic mass is 10.3. The second-order valence-corrected chi connectivity index (χ2v) is 7.86. The summed E-state index contributed by atoms with van der Waals surface area (Å²) in [5, 5.41) is 17.7. The van der Waals surface area contributed by atoms with Gasteiger partial charge in [-0.05, 0) is 37.1 Å². The zero-order valence-electron chi connectivity index (χ0n) is 17.8. The van der Waals surface area contributed by atoms with Gasteiger partial charge in [-0.3, -0.25) is 0 Å². The maximum absolute atomic E-state index is 8.84. The smallest absolute Gasteiger partial charge is 0.230 e. The Bertz CT molecular complexity index is 1150. The minimum atomic E-state index is 0.585. The quantitative estimate of drug-likeness (QED) is 0.293. The minimum absolute atomic E-state index is 0.585. The fraction of sp³-hybridized carbons (Fsp3) is 0.360. The molecule has 0 aliphatic carbocycles. The van der Waals surface area contributed by atoms with E-state index in [0.717, 1.165) is 45.4 Å². The van der Waals surface area contributed by atoms with Crippen molar-refractivity contribution >= 4 is 22.1 Å². The molecule has 0 saturated carbocycles. The van der Waals surface area contributed by atoms with Crippen LogP contribution >= 0.6 is 0 Å². The van der Waals surface area contributed by atoms with Crippen molar-refractivity contribution in [1.29, 1.82) is 10.5 Å². The molecule has 0 amide bonds. The van der Waals surface area contributed by atoms with Crippen molar-refractivity contribution in [2.45, 2.75) is 58.3 Å². The van der Waals surface area contributed by atoms with Gasteiger partial charge in [0.2, 0.25) is 12.7 Å². The Kier molecular flexibility index (Phi) is 6.59. The highest BCUT2D eigenvalue weighted by Crippen LogP contribution is 2.13. The maximum Gasteiger partial charge on any atom is 0.244 e. The van der Waals surface area contributed by atoms with Gasteiger partial charge < -0.3 is 0 Å². The molecule has 2 heterocycles. The van der Waals surface area contributed by atoms with Crippen LogP contribution in [0.3, 0.4) is 0 Å². The van der Waals surface area contributed by atoms with Crippen molar-refractivity contribution in [1.82, 2.24) is 9.13 Å². The number of unbranched alkanes of at least 4 members (excludes halogenated alkanes) is 2. The lowest BCUT2D eigenvalue weighted by molar-refractivity contribution is -0.703. The van der Waals surface area contributed by atoms with Gasteiger partial charge >= 0.3 is 0 Å². The predicted molar refractivity (Wildman–Crippen MR) is 119 cm³/mol. The van der Waals surface area contributed by atoms with E-state index in [1.54, 1.807) is 0 Å².